The van der Waals surface area contributed by atoms with Crippen molar-refractivity contribution in [3.8, 4) is 0 Å². The molecule has 3 rings (SSSR count). The molecule has 0 saturated carbocycles. The number of hydrogen-bond donors (Lipinski definition) is 1. The van der Waals surface area contributed by atoms with Crippen molar-refractivity contribution in [3.63, 3.8) is 0 Å². The van der Waals surface area contributed by atoms with Crippen LogP contribution in [-0.2, 0) is 6.54 Å². The quantitative estimate of drug-likeness (QED) is 0.803. The van der Waals surface area contributed by atoms with Crippen molar-refractivity contribution in [2.45, 2.75) is 13.5 Å². The molecule has 0 saturated heterocycles. The zero-order valence-electron chi connectivity index (χ0n) is 10.6. The van der Waals surface area contributed by atoms with E-state index in [1.54, 1.807) is 25.1 Å². The Morgan fingerprint density at radius 2 is 2.20 bits per heavy atom. The molecular weight excluding hydrogens is 279 g/mol. The third-order valence-corrected chi connectivity index (χ3v) is 3.63. The van der Waals surface area contributed by atoms with Gasteiger partial charge in [-0.1, -0.05) is 29.5 Å². The van der Waals surface area contributed by atoms with Crippen molar-refractivity contribution >= 4 is 21.4 Å². The number of anilines is 1. The molecule has 102 valence electrons. The molecule has 3 aromatic rings. The molecule has 0 aliphatic heterocycles. The lowest BCUT2D eigenvalue weighted by Gasteiger charge is -2.02. The summed E-state index contributed by atoms with van der Waals surface area (Å²) in [6.45, 7) is 2.06. The molecule has 0 amide bonds. The third kappa shape index (κ3) is 2.39. The minimum Gasteiger partial charge on any atom is -0.356 e. The Hall–Kier alpha value is -2.28. The van der Waals surface area contributed by atoms with Crippen molar-refractivity contribution in [2.75, 3.05) is 5.32 Å². The Kier molecular flexibility index (Phi) is 3.19. The first-order valence-electron chi connectivity index (χ1n) is 5.98. The third-order valence-electron chi connectivity index (χ3n) is 2.76. The molecule has 2 aromatic heterocycles. The Bertz CT molecular complexity index is 827. The molecule has 1 N–H and O–H groups in total. The molecule has 0 unspecified atom stereocenters. The molecule has 5 nitrogen and oxygen atoms in total. The van der Waals surface area contributed by atoms with Gasteiger partial charge in [0.2, 0.25) is 10.1 Å². The van der Waals surface area contributed by atoms with Crippen molar-refractivity contribution in [2.24, 2.45) is 0 Å². The fourth-order valence-electron chi connectivity index (χ4n) is 1.80. The standard InChI is InChI=1S/C13H11FN4OS/c1-8-6-11(19)18-13(16-8)20-12(17-18)15-7-9-4-2-3-5-10(9)14/h2-6H,7H2,1H3,(H,15,17). The van der Waals surface area contributed by atoms with Gasteiger partial charge in [-0.3, -0.25) is 4.79 Å². The summed E-state index contributed by atoms with van der Waals surface area (Å²) >= 11 is 1.26. The molecule has 0 bridgehead atoms. The summed E-state index contributed by atoms with van der Waals surface area (Å²) in [5, 5.41) is 7.66. The highest BCUT2D eigenvalue weighted by atomic mass is 32.1. The highest BCUT2D eigenvalue weighted by molar-refractivity contribution is 7.20. The Morgan fingerprint density at radius 1 is 1.40 bits per heavy atom. The fourth-order valence-corrected chi connectivity index (χ4v) is 2.65. The van der Waals surface area contributed by atoms with Crippen LogP contribution in [0.15, 0.2) is 35.1 Å². The second-order valence-electron chi connectivity index (χ2n) is 4.28. The largest absolute Gasteiger partial charge is 0.356 e. The average Bonchev–Trinajstić information content (AvgIpc) is 2.81. The van der Waals surface area contributed by atoms with Crippen LogP contribution in [0.2, 0.25) is 0 Å². The summed E-state index contributed by atoms with van der Waals surface area (Å²) < 4.78 is 14.7. The molecule has 7 heteroatoms. The molecule has 0 spiro atoms. The van der Waals surface area contributed by atoms with Gasteiger partial charge in [0.15, 0.2) is 0 Å². The van der Waals surface area contributed by atoms with E-state index < -0.39 is 0 Å². The van der Waals surface area contributed by atoms with E-state index in [2.05, 4.69) is 15.4 Å². The van der Waals surface area contributed by atoms with Crippen LogP contribution in [0, 0.1) is 12.7 Å². The van der Waals surface area contributed by atoms with E-state index in [-0.39, 0.29) is 11.4 Å². The number of nitrogens with zero attached hydrogens (tertiary/aromatic N) is 3. The van der Waals surface area contributed by atoms with E-state index in [4.69, 9.17) is 0 Å². The number of nitrogens with one attached hydrogen (secondary N) is 1. The van der Waals surface area contributed by atoms with E-state index in [9.17, 15) is 9.18 Å². The van der Waals surface area contributed by atoms with E-state index >= 15 is 0 Å². The van der Waals surface area contributed by atoms with Crippen LogP contribution >= 0.6 is 11.3 Å². The van der Waals surface area contributed by atoms with Gasteiger partial charge in [-0.2, -0.15) is 4.52 Å². The minimum atomic E-state index is -0.271. The first-order valence-corrected chi connectivity index (χ1v) is 6.80. The molecule has 0 aliphatic carbocycles. The van der Waals surface area contributed by atoms with E-state index in [1.807, 2.05) is 0 Å². The van der Waals surface area contributed by atoms with Crippen LogP contribution in [0.4, 0.5) is 9.52 Å². The van der Waals surface area contributed by atoms with Gasteiger partial charge in [-0.25, -0.2) is 9.37 Å². The predicted octanol–water partition coefficient (Wildman–Crippen LogP) is 2.21. The van der Waals surface area contributed by atoms with Crippen molar-refractivity contribution < 1.29 is 4.39 Å². The number of benzene rings is 1. The number of rotatable bonds is 3. The lowest BCUT2D eigenvalue weighted by molar-refractivity contribution is 0.613. The summed E-state index contributed by atoms with van der Waals surface area (Å²) in [5.41, 5.74) is 0.977. The lowest BCUT2D eigenvalue weighted by Crippen LogP contribution is -2.14. The monoisotopic (exact) mass is 290 g/mol. The average molecular weight is 290 g/mol. The van der Waals surface area contributed by atoms with Crippen LogP contribution in [0.1, 0.15) is 11.3 Å². The number of halogens is 1. The molecular formula is C13H11FN4OS. The van der Waals surface area contributed by atoms with Gasteiger partial charge in [-0.15, -0.1) is 5.10 Å². The molecule has 1 aromatic carbocycles. The number of fused-ring (bicyclic) bond motifs is 1. The summed E-state index contributed by atoms with van der Waals surface area (Å²) in [7, 11) is 0. The SMILES string of the molecule is Cc1cc(=O)n2nc(NCc3ccccc3F)sc2n1. The number of aryl methyl sites for hydroxylation is 1. The molecule has 0 aliphatic rings. The van der Waals surface area contributed by atoms with E-state index in [0.717, 1.165) is 0 Å². The van der Waals surface area contributed by atoms with Gasteiger partial charge < -0.3 is 5.32 Å². The maximum atomic E-state index is 13.5. The van der Waals surface area contributed by atoms with Crippen LogP contribution < -0.4 is 10.9 Å². The number of hydrogen-bond acceptors (Lipinski definition) is 5. The fraction of sp³-hybridized carbons (Fsp3) is 0.154. The van der Waals surface area contributed by atoms with E-state index in [0.29, 0.717) is 27.9 Å². The van der Waals surface area contributed by atoms with Crippen LogP contribution in [-0.4, -0.2) is 14.6 Å². The van der Waals surface area contributed by atoms with Gasteiger partial charge in [0.25, 0.3) is 5.56 Å². The van der Waals surface area contributed by atoms with Gasteiger partial charge in [0.1, 0.15) is 5.82 Å². The van der Waals surface area contributed by atoms with Crippen LogP contribution in [0.25, 0.3) is 4.96 Å². The summed E-state index contributed by atoms with van der Waals surface area (Å²) in [6, 6.07) is 7.94. The molecule has 0 fully saturated rings. The first-order chi connectivity index (χ1) is 9.63. The van der Waals surface area contributed by atoms with Crippen LogP contribution in [0.3, 0.4) is 0 Å². The van der Waals surface area contributed by atoms with Gasteiger partial charge in [0, 0.05) is 23.9 Å². The second kappa shape index (κ2) is 5.01. The minimum absolute atomic E-state index is 0.220. The van der Waals surface area contributed by atoms with Crippen molar-refractivity contribution in [1.29, 1.82) is 0 Å². The Morgan fingerprint density at radius 3 is 3.00 bits per heavy atom. The first kappa shape index (κ1) is 12.7. The van der Waals surface area contributed by atoms with Gasteiger partial charge in [0.05, 0.1) is 0 Å². The summed E-state index contributed by atoms with van der Waals surface area (Å²) in [5.74, 6) is -0.271. The molecule has 0 radical (unpaired) electrons. The van der Waals surface area contributed by atoms with Crippen molar-refractivity contribution in [3.05, 3.63) is 57.8 Å². The Labute approximate surface area is 117 Å². The number of aromatic nitrogens is 3. The van der Waals surface area contributed by atoms with Crippen molar-refractivity contribution in [1.82, 2.24) is 14.6 Å². The zero-order chi connectivity index (χ0) is 14.1. The van der Waals surface area contributed by atoms with E-state index in [1.165, 1.54) is 28.0 Å². The maximum absolute atomic E-state index is 13.5. The zero-order valence-corrected chi connectivity index (χ0v) is 11.4. The molecule has 20 heavy (non-hydrogen) atoms. The van der Waals surface area contributed by atoms with Gasteiger partial charge >= 0.3 is 0 Å². The topological polar surface area (TPSA) is 59.3 Å². The summed E-state index contributed by atoms with van der Waals surface area (Å²) in [6.07, 6.45) is 0. The molecule has 2 heterocycles. The Balaban J connectivity index is 1.87. The highest BCUT2D eigenvalue weighted by Crippen LogP contribution is 2.18. The predicted molar refractivity (Wildman–Crippen MR) is 75.6 cm³/mol. The normalized spacial score (nSPS) is 10.9. The lowest BCUT2D eigenvalue weighted by atomic mass is 10.2. The maximum Gasteiger partial charge on any atom is 0.275 e. The van der Waals surface area contributed by atoms with Gasteiger partial charge in [-0.05, 0) is 13.0 Å². The smallest absolute Gasteiger partial charge is 0.275 e. The van der Waals surface area contributed by atoms with Crippen LogP contribution in [0.5, 0.6) is 0 Å². The summed E-state index contributed by atoms with van der Waals surface area (Å²) in [4.78, 5) is 16.5. The molecule has 0 atom stereocenters. The second-order valence-corrected chi connectivity index (χ2v) is 5.24. The highest BCUT2D eigenvalue weighted by Gasteiger charge is 2.08.